The molecular formula is C14H18N2O2S. The molecule has 0 amide bonds. The molecule has 1 aromatic rings. The molecule has 4 nitrogen and oxygen atoms in total. The average molecular weight is 278 g/mol. The normalized spacial score (nSPS) is 25.6. The lowest BCUT2D eigenvalue weighted by molar-refractivity contribution is -0.138. The van der Waals surface area contributed by atoms with Gasteiger partial charge < -0.3 is 10.4 Å². The summed E-state index contributed by atoms with van der Waals surface area (Å²) in [6.45, 7) is 0. The zero-order valence-electron chi connectivity index (χ0n) is 10.8. The topological polar surface area (TPSA) is 62.2 Å². The van der Waals surface area contributed by atoms with Crippen molar-refractivity contribution in [3.05, 3.63) is 10.6 Å². The van der Waals surface area contributed by atoms with Gasteiger partial charge >= 0.3 is 5.97 Å². The van der Waals surface area contributed by atoms with Crippen molar-refractivity contribution in [2.45, 2.75) is 50.5 Å². The van der Waals surface area contributed by atoms with Crippen LogP contribution < -0.4 is 5.32 Å². The van der Waals surface area contributed by atoms with Crippen LogP contribution in [0.1, 0.15) is 48.6 Å². The smallest absolute Gasteiger partial charge is 0.312 e. The van der Waals surface area contributed by atoms with E-state index in [9.17, 15) is 9.90 Å². The predicted molar refractivity (Wildman–Crippen MR) is 73.7 cm³/mol. The Morgan fingerprint density at radius 2 is 1.95 bits per heavy atom. The van der Waals surface area contributed by atoms with E-state index in [-0.39, 0.29) is 5.92 Å². The van der Waals surface area contributed by atoms with Gasteiger partial charge in [-0.05, 0) is 50.4 Å². The van der Waals surface area contributed by atoms with E-state index in [0.29, 0.717) is 6.04 Å². The number of anilines is 1. The number of nitrogens with zero attached hydrogens (tertiary/aromatic N) is 1. The summed E-state index contributed by atoms with van der Waals surface area (Å²) in [4.78, 5) is 16.9. The molecule has 0 saturated heterocycles. The molecule has 2 saturated carbocycles. The number of hydrogen-bond acceptors (Lipinski definition) is 4. The number of carboxylic acids is 1. The van der Waals surface area contributed by atoms with Crippen LogP contribution >= 0.6 is 11.3 Å². The fourth-order valence-corrected chi connectivity index (χ4v) is 4.29. The summed E-state index contributed by atoms with van der Waals surface area (Å²) < 4.78 is 0. The fraction of sp³-hybridized carbons (Fsp3) is 0.714. The highest BCUT2D eigenvalue weighted by Crippen LogP contribution is 2.47. The maximum absolute atomic E-state index is 11.2. The van der Waals surface area contributed by atoms with Gasteiger partial charge in [0.25, 0.3) is 0 Å². The minimum absolute atomic E-state index is 0.373. The van der Waals surface area contributed by atoms with Crippen LogP contribution in [0.5, 0.6) is 0 Å². The number of carboxylic acid groups (broad SMARTS) is 1. The predicted octanol–water partition coefficient (Wildman–Crippen LogP) is 2.86. The third kappa shape index (κ3) is 2.14. The lowest BCUT2D eigenvalue weighted by Gasteiger charge is -2.16. The first kappa shape index (κ1) is 11.7. The van der Waals surface area contributed by atoms with Gasteiger partial charge in [-0.2, -0.15) is 0 Å². The van der Waals surface area contributed by atoms with E-state index in [4.69, 9.17) is 0 Å². The number of nitrogens with one attached hydrogen (secondary N) is 1. The second kappa shape index (κ2) is 4.20. The maximum Gasteiger partial charge on any atom is 0.312 e. The summed E-state index contributed by atoms with van der Waals surface area (Å²) in [5, 5.41) is 13.8. The molecular weight excluding hydrogens is 260 g/mol. The van der Waals surface area contributed by atoms with Crippen molar-refractivity contribution in [1.29, 1.82) is 0 Å². The quantitative estimate of drug-likeness (QED) is 0.869. The van der Waals surface area contributed by atoms with Gasteiger partial charge in [-0.15, -0.1) is 11.3 Å². The van der Waals surface area contributed by atoms with Crippen molar-refractivity contribution in [2.24, 2.45) is 11.8 Å². The molecule has 0 radical (unpaired) electrons. The number of fused-ring (bicyclic) bond motifs is 1. The number of hydrogen-bond donors (Lipinski definition) is 2. The monoisotopic (exact) mass is 278 g/mol. The molecule has 3 aliphatic rings. The van der Waals surface area contributed by atoms with E-state index < -0.39 is 5.97 Å². The molecule has 0 bridgehead atoms. The first-order valence-corrected chi connectivity index (χ1v) is 8.03. The van der Waals surface area contributed by atoms with Crippen LogP contribution in [0.4, 0.5) is 5.13 Å². The number of thiazole rings is 1. The standard InChI is InChI=1S/C14H18N2O2S/c17-13(18)9-5-6-10-12(9)16-14(19-10)15-11(7-1-2-7)8-3-4-8/h7-9,11H,1-6H2,(H,15,16)(H,17,18). The minimum Gasteiger partial charge on any atom is -0.481 e. The van der Waals surface area contributed by atoms with Crippen LogP contribution in [0.15, 0.2) is 0 Å². The van der Waals surface area contributed by atoms with E-state index in [1.807, 2.05) is 0 Å². The Balaban J connectivity index is 1.53. The summed E-state index contributed by atoms with van der Waals surface area (Å²) in [7, 11) is 0. The van der Waals surface area contributed by atoms with Crippen molar-refractivity contribution in [3.63, 3.8) is 0 Å². The molecule has 0 aliphatic heterocycles. The highest BCUT2D eigenvalue weighted by Gasteiger charge is 2.42. The van der Waals surface area contributed by atoms with Crippen LogP contribution in [-0.2, 0) is 11.2 Å². The Bertz CT molecular complexity index is 508. The van der Waals surface area contributed by atoms with Crippen LogP contribution in [-0.4, -0.2) is 22.1 Å². The van der Waals surface area contributed by atoms with E-state index >= 15 is 0 Å². The SMILES string of the molecule is O=C(O)C1CCc2sc(NC(C3CC3)C3CC3)nc21. The summed E-state index contributed by atoms with van der Waals surface area (Å²) >= 11 is 1.68. The summed E-state index contributed by atoms with van der Waals surface area (Å²) in [6.07, 6.45) is 6.98. The van der Waals surface area contributed by atoms with Crippen molar-refractivity contribution >= 4 is 22.4 Å². The Hall–Kier alpha value is -1.10. The molecule has 1 heterocycles. The van der Waals surface area contributed by atoms with E-state index in [0.717, 1.165) is 35.5 Å². The Morgan fingerprint density at radius 1 is 1.26 bits per heavy atom. The van der Waals surface area contributed by atoms with Crippen LogP contribution in [0.25, 0.3) is 0 Å². The van der Waals surface area contributed by atoms with E-state index in [1.54, 1.807) is 11.3 Å². The Morgan fingerprint density at radius 3 is 2.53 bits per heavy atom. The van der Waals surface area contributed by atoms with Gasteiger partial charge in [0.05, 0.1) is 5.69 Å². The molecule has 1 unspecified atom stereocenters. The van der Waals surface area contributed by atoms with Gasteiger partial charge in [0.2, 0.25) is 0 Å². The van der Waals surface area contributed by atoms with Gasteiger partial charge in [0.1, 0.15) is 5.92 Å². The fourth-order valence-electron chi connectivity index (χ4n) is 3.20. The molecule has 2 N–H and O–H groups in total. The highest BCUT2D eigenvalue weighted by atomic mass is 32.1. The first-order valence-electron chi connectivity index (χ1n) is 7.21. The van der Waals surface area contributed by atoms with Gasteiger partial charge in [0, 0.05) is 10.9 Å². The Labute approximate surface area is 116 Å². The molecule has 1 aromatic heterocycles. The molecule has 19 heavy (non-hydrogen) atoms. The second-order valence-electron chi connectivity index (χ2n) is 6.10. The van der Waals surface area contributed by atoms with Crippen molar-refractivity contribution in [2.75, 3.05) is 5.32 Å². The van der Waals surface area contributed by atoms with Crippen molar-refractivity contribution < 1.29 is 9.90 Å². The number of aromatic nitrogens is 1. The molecule has 3 aliphatic carbocycles. The molecule has 0 spiro atoms. The van der Waals surface area contributed by atoms with Gasteiger partial charge in [0.15, 0.2) is 5.13 Å². The lowest BCUT2D eigenvalue weighted by Crippen LogP contribution is -2.24. The van der Waals surface area contributed by atoms with E-state index in [1.165, 1.54) is 30.6 Å². The Kier molecular flexibility index (Phi) is 2.59. The molecule has 4 rings (SSSR count). The van der Waals surface area contributed by atoms with Crippen LogP contribution in [0.2, 0.25) is 0 Å². The maximum atomic E-state index is 11.2. The average Bonchev–Trinajstić information content (AvgIpc) is 3.26. The molecule has 5 heteroatoms. The number of carbonyl (C=O) groups is 1. The van der Waals surface area contributed by atoms with Gasteiger partial charge in [-0.1, -0.05) is 0 Å². The zero-order valence-corrected chi connectivity index (χ0v) is 11.6. The largest absolute Gasteiger partial charge is 0.481 e. The van der Waals surface area contributed by atoms with Crippen molar-refractivity contribution in [1.82, 2.24) is 4.98 Å². The molecule has 102 valence electrons. The summed E-state index contributed by atoms with van der Waals surface area (Å²) in [5.41, 5.74) is 0.824. The third-order valence-corrected chi connectivity index (χ3v) is 5.63. The van der Waals surface area contributed by atoms with Crippen molar-refractivity contribution in [3.8, 4) is 0 Å². The van der Waals surface area contributed by atoms with E-state index in [2.05, 4.69) is 10.3 Å². The highest BCUT2D eigenvalue weighted by molar-refractivity contribution is 7.15. The second-order valence-corrected chi connectivity index (χ2v) is 7.19. The molecule has 2 fully saturated rings. The van der Waals surface area contributed by atoms with Gasteiger partial charge in [-0.3, -0.25) is 4.79 Å². The van der Waals surface area contributed by atoms with Gasteiger partial charge in [-0.25, -0.2) is 4.98 Å². The first-order chi connectivity index (χ1) is 9.22. The minimum atomic E-state index is -0.725. The summed E-state index contributed by atoms with van der Waals surface area (Å²) in [6, 6.07) is 0.592. The number of rotatable bonds is 5. The summed E-state index contributed by atoms with van der Waals surface area (Å²) in [5.74, 6) is 0.571. The lowest BCUT2D eigenvalue weighted by atomic mass is 10.1. The number of aryl methyl sites for hydroxylation is 1. The molecule has 0 aromatic carbocycles. The van der Waals surface area contributed by atoms with Crippen LogP contribution in [0.3, 0.4) is 0 Å². The third-order valence-electron chi connectivity index (χ3n) is 4.57. The molecule has 1 atom stereocenters. The van der Waals surface area contributed by atoms with Crippen LogP contribution in [0, 0.1) is 11.8 Å². The zero-order chi connectivity index (χ0) is 13.0. The number of aliphatic carboxylic acids is 1.